The minimum Gasteiger partial charge on any atom is -0.353 e. The van der Waals surface area contributed by atoms with Crippen LogP contribution >= 0.6 is 0 Å². The molecule has 0 N–H and O–H groups in total. The maximum absolute atomic E-state index is 12.7. The van der Waals surface area contributed by atoms with E-state index in [1.807, 2.05) is 24.4 Å². The van der Waals surface area contributed by atoms with Gasteiger partial charge in [-0.2, -0.15) is 0 Å². The number of anilines is 2. The molecule has 1 aliphatic carbocycles. The molecule has 6 nitrogen and oxygen atoms in total. The molecule has 6 heteroatoms. The van der Waals surface area contributed by atoms with E-state index in [2.05, 4.69) is 51.0 Å². The average Bonchev–Trinajstić information content (AvgIpc) is 2.79. The molecule has 0 bridgehead atoms. The topological polar surface area (TPSA) is 62.2 Å². The number of benzene rings is 1. The van der Waals surface area contributed by atoms with E-state index in [-0.39, 0.29) is 11.7 Å². The highest BCUT2D eigenvalue weighted by Crippen LogP contribution is 2.32. The second-order valence-corrected chi connectivity index (χ2v) is 8.13. The molecule has 1 atom stereocenters. The Kier molecular flexibility index (Phi) is 4.91. The van der Waals surface area contributed by atoms with Gasteiger partial charge in [-0.3, -0.25) is 4.79 Å². The number of hydrogen-bond acceptors (Lipinski definition) is 6. The number of rotatable bonds is 3. The molecule has 2 aromatic heterocycles. The highest BCUT2D eigenvalue weighted by Gasteiger charge is 2.29. The number of piperazine rings is 1. The third-order valence-corrected chi connectivity index (χ3v) is 6.08. The normalized spacial score (nSPS) is 19.0. The van der Waals surface area contributed by atoms with E-state index in [0.29, 0.717) is 12.0 Å². The van der Waals surface area contributed by atoms with Gasteiger partial charge in [-0.05, 0) is 37.0 Å². The van der Waals surface area contributed by atoms with E-state index < -0.39 is 0 Å². The van der Waals surface area contributed by atoms with Crippen LogP contribution < -0.4 is 9.80 Å². The molecule has 0 radical (unpaired) electrons. The van der Waals surface area contributed by atoms with Gasteiger partial charge in [0.25, 0.3) is 0 Å². The number of ketones is 1. The van der Waals surface area contributed by atoms with Crippen molar-refractivity contribution in [3.8, 4) is 0 Å². The molecule has 1 saturated heterocycles. The predicted octanol–water partition coefficient (Wildman–Crippen LogP) is 3.42. The standard InChI is InChI=1S/C24H25N5O/c1-17-5-4-6-18(13-17)19-14-21-20(22(30)15-19)16-26-24(27-21)29-11-9-28(10-12-29)23-7-2-3-8-25-23/h2-8,13,16,19H,9-12,14-15H2,1H3/t19-/m1/s1. The molecule has 152 valence electrons. The van der Waals surface area contributed by atoms with Crippen LogP contribution in [-0.4, -0.2) is 46.9 Å². The van der Waals surface area contributed by atoms with E-state index in [1.54, 1.807) is 6.20 Å². The van der Waals surface area contributed by atoms with E-state index in [4.69, 9.17) is 4.98 Å². The molecule has 1 aliphatic heterocycles. The first-order chi connectivity index (χ1) is 14.7. The molecule has 5 rings (SSSR count). The van der Waals surface area contributed by atoms with Gasteiger partial charge in [0.1, 0.15) is 5.82 Å². The summed E-state index contributed by atoms with van der Waals surface area (Å²) < 4.78 is 0. The van der Waals surface area contributed by atoms with Crippen LogP contribution in [0.3, 0.4) is 0 Å². The van der Waals surface area contributed by atoms with Crippen LogP contribution in [0.15, 0.2) is 54.9 Å². The Hall–Kier alpha value is -3.28. The van der Waals surface area contributed by atoms with Crippen LogP contribution in [-0.2, 0) is 6.42 Å². The van der Waals surface area contributed by atoms with Crippen molar-refractivity contribution in [1.82, 2.24) is 15.0 Å². The summed E-state index contributed by atoms with van der Waals surface area (Å²) in [6, 6.07) is 14.5. The SMILES string of the molecule is Cc1cccc([C@H]2CC(=O)c3cnc(N4CCN(c5ccccn5)CC4)nc3C2)c1. The summed E-state index contributed by atoms with van der Waals surface area (Å²) in [6.07, 6.45) is 4.88. The summed E-state index contributed by atoms with van der Waals surface area (Å²) >= 11 is 0. The van der Waals surface area contributed by atoms with Crippen LogP contribution in [0.4, 0.5) is 11.8 Å². The van der Waals surface area contributed by atoms with Crippen molar-refractivity contribution in [2.45, 2.75) is 25.7 Å². The predicted molar refractivity (Wildman–Crippen MR) is 117 cm³/mol. The van der Waals surface area contributed by atoms with Crippen LogP contribution in [0, 0.1) is 6.92 Å². The van der Waals surface area contributed by atoms with Gasteiger partial charge in [0, 0.05) is 45.0 Å². The van der Waals surface area contributed by atoms with Crippen molar-refractivity contribution in [3.05, 3.63) is 77.2 Å². The molecule has 0 spiro atoms. The van der Waals surface area contributed by atoms with E-state index in [0.717, 1.165) is 50.1 Å². The van der Waals surface area contributed by atoms with Crippen LogP contribution in [0.5, 0.6) is 0 Å². The summed E-state index contributed by atoms with van der Waals surface area (Å²) in [5.74, 6) is 2.07. The second-order valence-electron chi connectivity index (χ2n) is 8.13. The molecular formula is C24H25N5O. The Morgan fingerprint density at radius 2 is 1.77 bits per heavy atom. The van der Waals surface area contributed by atoms with Gasteiger partial charge >= 0.3 is 0 Å². The van der Waals surface area contributed by atoms with Crippen molar-refractivity contribution in [2.75, 3.05) is 36.0 Å². The molecule has 3 aromatic rings. The minimum atomic E-state index is 0.147. The lowest BCUT2D eigenvalue weighted by atomic mass is 9.82. The first-order valence-corrected chi connectivity index (χ1v) is 10.5. The fourth-order valence-electron chi connectivity index (χ4n) is 4.42. The lowest BCUT2D eigenvalue weighted by Crippen LogP contribution is -2.47. The molecule has 0 unspecified atom stereocenters. The van der Waals surface area contributed by atoms with Crippen molar-refractivity contribution in [3.63, 3.8) is 0 Å². The van der Waals surface area contributed by atoms with Gasteiger partial charge in [-0.15, -0.1) is 0 Å². The van der Waals surface area contributed by atoms with Gasteiger partial charge in [-0.25, -0.2) is 15.0 Å². The minimum absolute atomic E-state index is 0.147. The number of pyridine rings is 1. The van der Waals surface area contributed by atoms with Gasteiger partial charge in [-0.1, -0.05) is 35.9 Å². The zero-order valence-corrected chi connectivity index (χ0v) is 17.2. The summed E-state index contributed by atoms with van der Waals surface area (Å²) in [4.78, 5) is 31.1. The number of carbonyl (C=O) groups excluding carboxylic acids is 1. The van der Waals surface area contributed by atoms with Gasteiger partial charge in [0.15, 0.2) is 5.78 Å². The monoisotopic (exact) mass is 399 g/mol. The van der Waals surface area contributed by atoms with Crippen molar-refractivity contribution in [1.29, 1.82) is 0 Å². The fourth-order valence-corrected chi connectivity index (χ4v) is 4.42. The molecule has 30 heavy (non-hydrogen) atoms. The summed E-state index contributed by atoms with van der Waals surface area (Å²) in [6.45, 7) is 5.52. The average molecular weight is 399 g/mol. The molecule has 0 saturated carbocycles. The summed E-state index contributed by atoms with van der Waals surface area (Å²) in [5, 5.41) is 0. The Labute approximate surface area is 176 Å². The Morgan fingerprint density at radius 1 is 0.933 bits per heavy atom. The largest absolute Gasteiger partial charge is 0.353 e. The first-order valence-electron chi connectivity index (χ1n) is 10.5. The molecule has 3 heterocycles. The number of nitrogens with zero attached hydrogens (tertiary/aromatic N) is 5. The van der Waals surface area contributed by atoms with Crippen molar-refractivity contribution >= 4 is 17.5 Å². The maximum Gasteiger partial charge on any atom is 0.225 e. The number of fused-ring (bicyclic) bond motifs is 1. The first kappa shape index (κ1) is 18.7. The Morgan fingerprint density at radius 3 is 2.53 bits per heavy atom. The fraction of sp³-hybridized carbons (Fsp3) is 0.333. The van der Waals surface area contributed by atoms with Crippen LogP contribution in [0.25, 0.3) is 0 Å². The second kappa shape index (κ2) is 7.86. The number of aryl methyl sites for hydroxylation is 1. The maximum atomic E-state index is 12.7. The van der Waals surface area contributed by atoms with E-state index >= 15 is 0 Å². The summed E-state index contributed by atoms with van der Waals surface area (Å²) in [7, 11) is 0. The number of aromatic nitrogens is 3. The third kappa shape index (κ3) is 3.65. The molecule has 2 aliphatic rings. The van der Waals surface area contributed by atoms with Crippen LogP contribution in [0.2, 0.25) is 0 Å². The molecular weight excluding hydrogens is 374 g/mol. The smallest absolute Gasteiger partial charge is 0.225 e. The quantitative estimate of drug-likeness (QED) is 0.673. The molecule has 0 amide bonds. The Bertz CT molecular complexity index is 1060. The zero-order chi connectivity index (χ0) is 20.5. The summed E-state index contributed by atoms with van der Waals surface area (Å²) in [5.41, 5.74) is 4.02. The van der Waals surface area contributed by atoms with Gasteiger partial charge in [0.2, 0.25) is 5.95 Å². The van der Waals surface area contributed by atoms with Crippen molar-refractivity contribution in [2.24, 2.45) is 0 Å². The number of hydrogen-bond donors (Lipinski definition) is 0. The number of carbonyl (C=O) groups is 1. The van der Waals surface area contributed by atoms with Gasteiger partial charge < -0.3 is 9.80 Å². The lowest BCUT2D eigenvalue weighted by Gasteiger charge is -2.35. The lowest BCUT2D eigenvalue weighted by molar-refractivity contribution is 0.0962. The highest BCUT2D eigenvalue weighted by molar-refractivity contribution is 5.98. The van der Waals surface area contributed by atoms with Crippen molar-refractivity contribution < 1.29 is 4.79 Å². The Balaban J connectivity index is 1.33. The highest BCUT2D eigenvalue weighted by atomic mass is 16.1. The molecule has 1 fully saturated rings. The van der Waals surface area contributed by atoms with Gasteiger partial charge in [0.05, 0.1) is 11.3 Å². The van der Waals surface area contributed by atoms with E-state index in [9.17, 15) is 4.79 Å². The van der Waals surface area contributed by atoms with E-state index in [1.165, 1.54) is 11.1 Å². The number of Topliss-reactive ketones (excluding diaryl/α,β-unsaturated/α-hetero) is 1. The molecule has 1 aromatic carbocycles. The van der Waals surface area contributed by atoms with Crippen LogP contribution in [0.1, 0.15) is 39.5 Å². The third-order valence-electron chi connectivity index (χ3n) is 6.08. The zero-order valence-electron chi connectivity index (χ0n) is 17.2.